The number of alkyl halides is 6. The first-order valence-corrected chi connectivity index (χ1v) is 2.83. The first-order valence-electron chi connectivity index (χ1n) is 2.83. The molecule has 0 bridgehead atoms. The highest BCUT2D eigenvalue weighted by atomic mass is 19.3. The lowest BCUT2D eigenvalue weighted by Gasteiger charge is -2.22. The summed E-state index contributed by atoms with van der Waals surface area (Å²) in [4.78, 5) is 0. The molecule has 0 saturated carbocycles. The van der Waals surface area contributed by atoms with Crippen LogP contribution in [0.5, 0.6) is 0 Å². The zero-order chi connectivity index (χ0) is 10.8. The van der Waals surface area contributed by atoms with Crippen molar-refractivity contribution >= 4 is 0 Å². The maximum absolute atomic E-state index is 12.0. The standard InChI is InChI=1S/C5H3F8/c6-1(3(8)9)5(12,13)2(7)4(10)11/h1-3H. The van der Waals surface area contributed by atoms with Gasteiger partial charge in [-0.15, -0.1) is 0 Å². The molecule has 0 heterocycles. The summed E-state index contributed by atoms with van der Waals surface area (Å²) in [5.74, 6) is -5.41. The van der Waals surface area contributed by atoms with E-state index in [1.54, 1.807) is 0 Å². The Morgan fingerprint density at radius 3 is 1.54 bits per heavy atom. The van der Waals surface area contributed by atoms with Gasteiger partial charge >= 0.3 is 12.3 Å². The summed E-state index contributed by atoms with van der Waals surface area (Å²) in [6, 6.07) is 0. The van der Waals surface area contributed by atoms with Crippen molar-refractivity contribution in [1.29, 1.82) is 0 Å². The molecular weight excluding hydrogens is 212 g/mol. The van der Waals surface area contributed by atoms with E-state index in [9.17, 15) is 35.1 Å². The molecule has 0 nitrogen and oxygen atoms in total. The molecule has 0 fully saturated rings. The van der Waals surface area contributed by atoms with E-state index in [1.165, 1.54) is 0 Å². The predicted octanol–water partition coefficient (Wildman–Crippen LogP) is 2.99. The lowest BCUT2D eigenvalue weighted by Crippen LogP contribution is -2.45. The summed E-state index contributed by atoms with van der Waals surface area (Å²) in [6.07, 6.45) is -16.2. The second kappa shape index (κ2) is 4.10. The highest BCUT2D eigenvalue weighted by molar-refractivity contribution is 4.93. The molecule has 0 aliphatic carbocycles. The average molecular weight is 215 g/mol. The lowest BCUT2D eigenvalue weighted by atomic mass is 10.1. The highest BCUT2D eigenvalue weighted by Gasteiger charge is 2.57. The van der Waals surface area contributed by atoms with Crippen molar-refractivity contribution in [3.05, 3.63) is 6.43 Å². The van der Waals surface area contributed by atoms with Crippen molar-refractivity contribution in [2.75, 3.05) is 0 Å². The van der Waals surface area contributed by atoms with Crippen LogP contribution in [0.3, 0.4) is 0 Å². The zero-order valence-electron chi connectivity index (χ0n) is 5.76. The van der Waals surface area contributed by atoms with E-state index in [4.69, 9.17) is 0 Å². The van der Waals surface area contributed by atoms with Crippen LogP contribution in [0.1, 0.15) is 0 Å². The van der Waals surface area contributed by atoms with Gasteiger partial charge in [0.2, 0.25) is 12.3 Å². The Balaban J connectivity index is 4.54. The van der Waals surface area contributed by atoms with Crippen LogP contribution in [-0.4, -0.2) is 24.7 Å². The van der Waals surface area contributed by atoms with Gasteiger partial charge < -0.3 is 0 Å². The Morgan fingerprint density at radius 2 is 1.31 bits per heavy atom. The molecule has 0 aromatic carbocycles. The highest BCUT2D eigenvalue weighted by Crippen LogP contribution is 2.36. The number of rotatable bonds is 4. The van der Waals surface area contributed by atoms with E-state index in [0.717, 1.165) is 0 Å². The number of halogens is 8. The predicted molar refractivity (Wildman–Crippen MR) is 26.2 cm³/mol. The molecule has 13 heavy (non-hydrogen) atoms. The molecule has 0 saturated heterocycles. The second-order valence-electron chi connectivity index (χ2n) is 2.06. The first-order chi connectivity index (χ1) is 5.71. The fraction of sp³-hybridized carbons (Fsp3) is 0.800. The molecule has 0 aromatic rings. The van der Waals surface area contributed by atoms with E-state index in [1.807, 2.05) is 0 Å². The molecule has 1 radical (unpaired) electrons. The summed E-state index contributed by atoms with van der Waals surface area (Å²) in [5, 5.41) is 0. The molecule has 0 aliphatic heterocycles. The van der Waals surface area contributed by atoms with Gasteiger partial charge in [-0.1, -0.05) is 0 Å². The molecule has 0 aromatic heterocycles. The molecule has 8 heteroatoms. The maximum Gasteiger partial charge on any atom is 0.349 e. The monoisotopic (exact) mass is 215 g/mol. The largest absolute Gasteiger partial charge is 0.349 e. The van der Waals surface area contributed by atoms with E-state index >= 15 is 0 Å². The average Bonchev–Trinajstić information content (AvgIpc) is 2.01. The van der Waals surface area contributed by atoms with Gasteiger partial charge in [0.25, 0.3) is 6.43 Å². The van der Waals surface area contributed by atoms with E-state index in [0.29, 0.717) is 0 Å². The van der Waals surface area contributed by atoms with Crippen molar-refractivity contribution in [2.45, 2.75) is 24.7 Å². The Hall–Kier alpha value is -0.560. The van der Waals surface area contributed by atoms with Gasteiger partial charge in [-0.05, 0) is 0 Å². The summed E-state index contributed by atoms with van der Waals surface area (Å²) >= 11 is 0. The minimum absolute atomic E-state index is 3.44. The van der Waals surface area contributed by atoms with E-state index < -0.39 is 31.1 Å². The van der Waals surface area contributed by atoms with Crippen LogP contribution < -0.4 is 0 Å². The summed E-state index contributed by atoms with van der Waals surface area (Å²) < 4.78 is 92.5. The lowest BCUT2D eigenvalue weighted by molar-refractivity contribution is -0.175. The van der Waals surface area contributed by atoms with Crippen molar-refractivity contribution in [3.8, 4) is 0 Å². The van der Waals surface area contributed by atoms with Gasteiger partial charge in [0.15, 0.2) is 0 Å². The van der Waals surface area contributed by atoms with Crippen LogP contribution in [0.25, 0.3) is 0 Å². The SMILES string of the molecule is F[C](F)C(F)C(F)(F)C(F)C(F)F. The Morgan fingerprint density at radius 1 is 0.923 bits per heavy atom. The molecule has 0 amide bonds. The van der Waals surface area contributed by atoms with Gasteiger partial charge in [-0.2, -0.15) is 17.6 Å². The normalized spacial score (nSPS) is 18.0. The summed E-state index contributed by atoms with van der Waals surface area (Å²) in [6.45, 7) is 0. The molecule has 0 spiro atoms. The molecule has 2 unspecified atom stereocenters. The van der Waals surface area contributed by atoms with E-state index in [2.05, 4.69) is 0 Å². The van der Waals surface area contributed by atoms with Crippen molar-refractivity contribution in [2.24, 2.45) is 0 Å². The summed E-state index contributed by atoms with van der Waals surface area (Å²) in [7, 11) is 0. The van der Waals surface area contributed by atoms with Crippen LogP contribution in [0.4, 0.5) is 35.1 Å². The van der Waals surface area contributed by atoms with Gasteiger partial charge in [0, 0.05) is 0 Å². The maximum atomic E-state index is 12.0. The Bertz CT molecular complexity index is 139. The number of hydrogen-bond donors (Lipinski definition) is 0. The Labute approximate surface area is 67.5 Å². The summed E-state index contributed by atoms with van der Waals surface area (Å²) in [5.41, 5.74) is 0. The smallest absolute Gasteiger partial charge is 0.234 e. The molecular formula is C5H3F8. The van der Waals surface area contributed by atoms with Gasteiger partial charge in [-0.25, -0.2) is 17.6 Å². The van der Waals surface area contributed by atoms with Gasteiger partial charge in [-0.3, -0.25) is 0 Å². The van der Waals surface area contributed by atoms with Crippen molar-refractivity contribution in [3.63, 3.8) is 0 Å². The fourth-order valence-corrected chi connectivity index (χ4v) is 0.453. The topological polar surface area (TPSA) is 0 Å². The minimum Gasteiger partial charge on any atom is -0.234 e. The van der Waals surface area contributed by atoms with Crippen LogP contribution in [-0.2, 0) is 0 Å². The van der Waals surface area contributed by atoms with Crippen LogP contribution in [0.2, 0.25) is 0 Å². The van der Waals surface area contributed by atoms with Gasteiger partial charge in [0.1, 0.15) is 0 Å². The minimum atomic E-state index is -5.41. The second-order valence-corrected chi connectivity index (χ2v) is 2.06. The van der Waals surface area contributed by atoms with Crippen molar-refractivity contribution < 1.29 is 35.1 Å². The zero-order valence-corrected chi connectivity index (χ0v) is 5.76. The molecule has 0 N–H and O–H groups in total. The fourth-order valence-electron chi connectivity index (χ4n) is 0.453. The molecule has 2 atom stereocenters. The molecule has 79 valence electrons. The van der Waals surface area contributed by atoms with Gasteiger partial charge in [0.05, 0.1) is 0 Å². The Kier molecular flexibility index (Phi) is 3.92. The van der Waals surface area contributed by atoms with Crippen LogP contribution in [0.15, 0.2) is 0 Å². The van der Waals surface area contributed by atoms with Crippen LogP contribution in [0, 0.1) is 6.43 Å². The third kappa shape index (κ3) is 2.70. The molecule has 0 rings (SSSR count). The number of hydrogen-bond acceptors (Lipinski definition) is 0. The quantitative estimate of drug-likeness (QED) is 0.632. The van der Waals surface area contributed by atoms with E-state index in [-0.39, 0.29) is 0 Å². The third-order valence-electron chi connectivity index (χ3n) is 1.12. The van der Waals surface area contributed by atoms with Crippen molar-refractivity contribution in [1.82, 2.24) is 0 Å². The first kappa shape index (κ1) is 12.4. The molecule has 0 aliphatic rings. The van der Waals surface area contributed by atoms with Crippen LogP contribution >= 0.6 is 0 Å². The third-order valence-corrected chi connectivity index (χ3v) is 1.12.